The van der Waals surface area contributed by atoms with Crippen molar-refractivity contribution in [2.24, 2.45) is 5.92 Å². The molecule has 80 valence electrons. The van der Waals surface area contributed by atoms with Crippen LogP contribution in [0.5, 0.6) is 0 Å². The first kappa shape index (κ1) is 11.2. The first-order chi connectivity index (χ1) is 6.49. The van der Waals surface area contributed by atoms with Crippen LogP contribution in [0.2, 0.25) is 0 Å². The van der Waals surface area contributed by atoms with Crippen LogP contribution in [0, 0.1) is 5.92 Å². The summed E-state index contributed by atoms with van der Waals surface area (Å²) in [6.45, 7) is 0. The molecule has 14 heavy (non-hydrogen) atoms. The van der Waals surface area contributed by atoms with Gasteiger partial charge in [-0.05, 0) is 18.8 Å². The molecule has 4 nitrogen and oxygen atoms in total. The van der Waals surface area contributed by atoms with Crippen molar-refractivity contribution in [1.29, 1.82) is 0 Å². The lowest BCUT2D eigenvalue weighted by atomic mass is 10.0. The highest BCUT2D eigenvalue weighted by Crippen LogP contribution is 2.19. The number of allylic oxidation sites excluding steroid dienone is 1. The van der Waals surface area contributed by atoms with Gasteiger partial charge in [0.05, 0.1) is 17.9 Å². The fourth-order valence-electron chi connectivity index (χ4n) is 1.57. The molecule has 1 aliphatic heterocycles. The molecular formula is C9H14O4S. The topological polar surface area (TPSA) is 71.4 Å². The summed E-state index contributed by atoms with van der Waals surface area (Å²) in [5.74, 6) is -0.438. The van der Waals surface area contributed by atoms with Crippen LogP contribution in [0.1, 0.15) is 19.3 Å². The highest BCUT2D eigenvalue weighted by atomic mass is 32.2. The number of carboxylic acid groups (broad SMARTS) is 1. The zero-order chi connectivity index (χ0) is 10.6. The Morgan fingerprint density at radius 1 is 1.50 bits per heavy atom. The van der Waals surface area contributed by atoms with Crippen molar-refractivity contribution in [1.82, 2.24) is 0 Å². The summed E-state index contributed by atoms with van der Waals surface area (Å²) >= 11 is 0. The molecule has 0 aromatic rings. The average molecular weight is 218 g/mol. The molecule has 0 radical (unpaired) electrons. The summed E-state index contributed by atoms with van der Waals surface area (Å²) in [6.07, 6.45) is 4.75. The second kappa shape index (κ2) is 4.59. The Kier molecular flexibility index (Phi) is 3.69. The predicted molar refractivity (Wildman–Crippen MR) is 52.8 cm³/mol. The number of rotatable bonds is 3. The largest absolute Gasteiger partial charge is 0.481 e. The highest BCUT2D eigenvalue weighted by molar-refractivity contribution is 7.91. The molecule has 1 heterocycles. The molecule has 1 fully saturated rings. The number of carbonyl (C=O) groups is 1. The minimum absolute atomic E-state index is 0.00750. The Hall–Kier alpha value is -0.840. The minimum atomic E-state index is -2.88. The van der Waals surface area contributed by atoms with E-state index in [2.05, 4.69) is 0 Å². The molecule has 1 rings (SSSR count). The van der Waals surface area contributed by atoms with Gasteiger partial charge in [-0.25, -0.2) is 8.42 Å². The van der Waals surface area contributed by atoms with Gasteiger partial charge in [0.1, 0.15) is 0 Å². The Morgan fingerprint density at radius 2 is 2.21 bits per heavy atom. The van der Waals surface area contributed by atoms with E-state index in [1.54, 1.807) is 6.08 Å². The van der Waals surface area contributed by atoms with Crippen LogP contribution in [0.15, 0.2) is 12.2 Å². The first-order valence-corrected chi connectivity index (χ1v) is 6.40. The molecule has 0 spiro atoms. The molecule has 0 aromatic carbocycles. The number of hydrogen-bond donors (Lipinski definition) is 1. The van der Waals surface area contributed by atoms with Crippen molar-refractivity contribution in [2.45, 2.75) is 19.3 Å². The smallest absolute Gasteiger partial charge is 0.307 e. The van der Waals surface area contributed by atoms with Crippen molar-refractivity contribution < 1.29 is 18.3 Å². The molecule has 1 atom stereocenters. The summed E-state index contributed by atoms with van der Waals surface area (Å²) in [5, 5.41) is 8.38. The lowest BCUT2D eigenvalue weighted by Gasteiger charge is -2.18. The molecule has 1 N–H and O–H groups in total. The Balaban J connectivity index is 2.46. The molecule has 1 unspecified atom stereocenters. The molecule has 1 aliphatic rings. The SMILES string of the molecule is O=C(O)C/C=C\C1CCCS(=O)(=O)C1. The Labute approximate surface area is 83.5 Å². The molecule has 1 saturated heterocycles. The highest BCUT2D eigenvalue weighted by Gasteiger charge is 2.22. The number of aliphatic carboxylic acids is 1. The van der Waals surface area contributed by atoms with Gasteiger partial charge in [0.2, 0.25) is 0 Å². The monoisotopic (exact) mass is 218 g/mol. The second-order valence-corrected chi connectivity index (χ2v) is 5.77. The molecule has 5 heteroatoms. The predicted octanol–water partition coefficient (Wildman–Crippen LogP) is 0.842. The van der Waals surface area contributed by atoms with Gasteiger partial charge in [0.25, 0.3) is 0 Å². The molecule has 0 aromatic heterocycles. The molecule has 0 saturated carbocycles. The molecular weight excluding hydrogens is 204 g/mol. The van der Waals surface area contributed by atoms with Crippen LogP contribution in [0.3, 0.4) is 0 Å². The average Bonchev–Trinajstić information content (AvgIpc) is 2.01. The van der Waals surface area contributed by atoms with Gasteiger partial charge < -0.3 is 5.11 Å². The molecule has 0 bridgehead atoms. The van der Waals surface area contributed by atoms with Crippen molar-refractivity contribution >= 4 is 15.8 Å². The van der Waals surface area contributed by atoms with Crippen LogP contribution >= 0.6 is 0 Å². The third kappa shape index (κ3) is 3.91. The van der Waals surface area contributed by atoms with E-state index in [9.17, 15) is 13.2 Å². The first-order valence-electron chi connectivity index (χ1n) is 4.58. The van der Waals surface area contributed by atoms with Gasteiger partial charge in [0, 0.05) is 0 Å². The van der Waals surface area contributed by atoms with Gasteiger partial charge in [0.15, 0.2) is 9.84 Å². The molecule has 0 aliphatic carbocycles. The summed E-state index contributed by atoms with van der Waals surface area (Å²) in [4.78, 5) is 10.2. The van der Waals surface area contributed by atoms with Crippen molar-refractivity contribution in [2.75, 3.05) is 11.5 Å². The maximum atomic E-state index is 11.2. The summed E-state index contributed by atoms with van der Waals surface area (Å²) in [7, 11) is -2.88. The zero-order valence-corrected chi connectivity index (χ0v) is 8.66. The Morgan fingerprint density at radius 3 is 2.79 bits per heavy atom. The lowest BCUT2D eigenvalue weighted by Crippen LogP contribution is -2.23. The molecule has 0 amide bonds. The van der Waals surface area contributed by atoms with Crippen molar-refractivity contribution in [3.05, 3.63) is 12.2 Å². The van der Waals surface area contributed by atoms with E-state index in [-0.39, 0.29) is 23.8 Å². The lowest BCUT2D eigenvalue weighted by molar-refractivity contribution is -0.136. The van der Waals surface area contributed by atoms with Crippen LogP contribution in [-0.4, -0.2) is 31.0 Å². The van der Waals surface area contributed by atoms with E-state index < -0.39 is 15.8 Å². The number of hydrogen-bond acceptors (Lipinski definition) is 3. The minimum Gasteiger partial charge on any atom is -0.481 e. The van der Waals surface area contributed by atoms with Crippen LogP contribution in [0.25, 0.3) is 0 Å². The third-order valence-corrected chi connectivity index (χ3v) is 4.05. The summed E-state index contributed by atoms with van der Waals surface area (Å²) < 4.78 is 22.4. The van der Waals surface area contributed by atoms with E-state index in [0.29, 0.717) is 6.42 Å². The van der Waals surface area contributed by atoms with E-state index in [1.165, 1.54) is 6.08 Å². The van der Waals surface area contributed by atoms with Gasteiger partial charge in [-0.1, -0.05) is 12.2 Å². The fraction of sp³-hybridized carbons (Fsp3) is 0.667. The van der Waals surface area contributed by atoms with E-state index >= 15 is 0 Å². The van der Waals surface area contributed by atoms with E-state index in [4.69, 9.17) is 5.11 Å². The maximum absolute atomic E-state index is 11.2. The van der Waals surface area contributed by atoms with Crippen molar-refractivity contribution in [3.63, 3.8) is 0 Å². The van der Waals surface area contributed by atoms with Crippen LogP contribution in [0.4, 0.5) is 0 Å². The fourth-order valence-corrected chi connectivity index (χ4v) is 3.27. The number of sulfone groups is 1. The zero-order valence-electron chi connectivity index (χ0n) is 7.85. The third-order valence-electron chi connectivity index (χ3n) is 2.20. The second-order valence-electron chi connectivity index (χ2n) is 3.54. The maximum Gasteiger partial charge on any atom is 0.307 e. The number of carboxylic acids is 1. The summed E-state index contributed by atoms with van der Waals surface area (Å²) in [6, 6.07) is 0. The quantitative estimate of drug-likeness (QED) is 0.712. The normalized spacial score (nSPS) is 26.4. The standard InChI is InChI=1S/C9H14O4S/c10-9(11)5-1-3-8-4-2-6-14(12,13)7-8/h1,3,8H,2,4-7H2,(H,10,11)/b3-1-. The summed E-state index contributed by atoms with van der Waals surface area (Å²) in [5.41, 5.74) is 0. The van der Waals surface area contributed by atoms with Crippen LogP contribution in [-0.2, 0) is 14.6 Å². The van der Waals surface area contributed by atoms with Crippen molar-refractivity contribution in [3.8, 4) is 0 Å². The van der Waals surface area contributed by atoms with Gasteiger partial charge >= 0.3 is 5.97 Å². The van der Waals surface area contributed by atoms with Gasteiger partial charge in [-0.2, -0.15) is 0 Å². The van der Waals surface area contributed by atoms with Gasteiger partial charge in [-0.3, -0.25) is 4.79 Å². The van der Waals surface area contributed by atoms with Crippen LogP contribution < -0.4 is 0 Å². The Bertz CT molecular complexity index is 329. The van der Waals surface area contributed by atoms with E-state index in [0.717, 1.165) is 6.42 Å². The van der Waals surface area contributed by atoms with Gasteiger partial charge in [-0.15, -0.1) is 0 Å². The van der Waals surface area contributed by atoms with E-state index in [1.807, 2.05) is 0 Å².